The minimum Gasteiger partial charge on any atom is -0.497 e. The van der Waals surface area contributed by atoms with E-state index in [1.54, 1.807) is 7.11 Å². The summed E-state index contributed by atoms with van der Waals surface area (Å²) in [6.07, 6.45) is 0. The lowest BCUT2D eigenvalue weighted by Gasteiger charge is -2.26. The molecule has 3 rings (SSSR count). The van der Waals surface area contributed by atoms with Crippen LogP contribution in [-0.2, 0) is 5.41 Å². The van der Waals surface area contributed by atoms with Gasteiger partial charge in [0.05, 0.1) is 7.11 Å². The number of ether oxygens (including phenoxy) is 1. The highest BCUT2D eigenvalue weighted by Crippen LogP contribution is 2.32. The van der Waals surface area contributed by atoms with E-state index < -0.39 is 0 Å². The van der Waals surface area contributed by atoms with E-state index >= 15 is 0 Å². The molecule has 0 heterocycles. The molecule has 0 saturated heterocycles. The van der Waals surface area contributed by atoms with E-state index in [0.717, 1.165) is 5.75 Å². The second-order valence-electron chi connectivity index (χ2n) is 6.72. The summed E-state index contributed by atoms with van der Waals surface area (Å²) in [6.45, 7) is 6.77. The number of hydrogen-bond acceptors (Lipinski definition) is 1. The maximum atomic E-state index is 5.31. The third-order valence-electron chi connectivity index (χ3n) is 4.58. The van der Waals surface area contributed by atoms with Crippen LogP contribution in [-0.4, -0.2) is 7.11 Å². The second kappa shape index (κ2) is 7.61. The van der Waals surface area contributed by atoms with Gasteiger partial charge >= 0.3 is 21.2 Å². The Balaban J connectivity index is 1.96. The first-order valence-electron chi connectivity index (χ1n) is 8.46. The van der Waals surface area contributed by atoms with Crippen molar-refractivity contribution in [1.29, 1.82) is 0 Å². The van der Waals surface area contributed by atoms with Crippen LogP contribution in [0.4, 0.5) is 0 Å². The topological polar surface area (TPSA) is 9.23 Å². The molecular formula is C23H24IO+. The van der Waals surface area contributed by atoms with Crippen LogP contribution >= 0.6 is 0 Å². The molecule has 25 heavy (non-hydrogen) atoms. The zero-order chi connectivity index (χ0) is 17.9. The van der Waals surface area contributed by atoms with Gasteiger partial charge in [-0.05, 0) is 42.8 Å². The quantitative estimate of drug-likeness (QED) is 0.551. The zero-order valence-corrected chi connectivity index (χ0v) is 17.4. The summed E-state index contributed by atoms with van der Waals surface area (Å²) in [5.41, 5.74) is 4.02. The average molecular weight is 443 g/mol. The molecule has 0 aliphatic carbocycles. The van der Waals surface area contributed by atoms with E-state index in [4.69, 9.17) is 4.74 Å². The molecule has 0 unspecified atom stereocenters. The molecule has 0 saturated carbocycles. The van der Waals surface area contributed by atoms with Crippen LogP contribution in [0.3, 0.4) is 0 Å². The molecule has 0 aliphatic heterocycles. The van der Waals surface area contributed by atoms with Gasteiger partial charge in [-0.15, -0.1) is 0 Å². The van der Waals surface area contributed by atoms with Crippen LogP contribution in [0.25, 0.3) is 0 Å². The van der Waals surface area contributed by atoms with E-state index in [2.05, 4.69) is 93.6 Å². The SMILES string of the molecule is COc1ccc(C(C)(C)c2ccccc2[I+]c2ccc(C)cc2)cc1. The lowest BCUT2D eigenvalue weighted by Crippen LogP contribution is -3.61. The molecule has 0 N–H and O–H groups in total. The monoisotopic (exact) mass is 443 g/mol. The summed E-state index contributed by atoms with van der Waals surface area (Å²) >= 11 is -0.198. The van der Waals surface area contributed by atoms with E-state index in [0.29, 0.717) is 0 Å². The standard InChI is InChI=1S/C23H24IO/c1-17-9-13-19(14-10-17)24-22-8-6-5-7-21(22)23(2,3)18-11-15-20(25-4)16-12-18/h5-16H,1-4H3/q+1. The van der Waals surface area contributed by atoms with Gasteiger partial charge in [-0.1, -0.05) is 61.9 Å². The van der Waals surface area contributed by atoms with Crippen molar-refractivity contribution in [1.82, 2.24) is 0 Å². The van der Waals surface area contributed by atoms with Crippen LogP contribution in [0, 0.1) is 14.1 Å². The van der Waals surface area contributed by atoms with Gasteiger partial charge in [0.25, 0.3) is 0 Å². The summed E-state index contributed by atoms with van der Waals surface area (Å²) in [6, 6.07) is 26.3. The van der Waals surface area contributed by atoms with Gasteiger partial charge in [-0.25, -0.2) is 0 Å². The molecule has 2 heteroatoms. The Kier molecular flexibility index (Phi) is 5.48. The molecular weight excluding hydrogens is 419 g/mol. The summed E-state index contributed by atoms with van der Waals surface area (Å²) < 4.78 is 8.26. The van der Waals surface area contributed by atoms with Crippen LogP contribution in [0.1, 0.15) is 30.5 Å². The first-order chi connectivity index (χ1) is 12.0. The lowest BCUT2D eigenvalue weighted by molar-refractivity contribution is -0.598. The fourth-order valence-corrected chi connectivity index (χ4v) is 5.85. The van der Waals surface area contributed by atoms with E-state index in [1.165, 1.54) is 23.8 Å². The maximum absolute atomic E-state index is 5.31. The van der Waals surface area contributed by atoms with Crippen molar-refractivity contribution in [2.75, 3.05) is 7.11 Å². The van der Waals surface area contributed by atoms with Gasteiger partial charge in [0, 0.05) is 11.0 Å². The normalized spacial score (nSPS) is 11.4. The highest BCUT2D eigenvalue weighted by molar-refractivity contribution is 5.39. The van der Waals surface area contributed by atoms with Gasteiger partial charge in [-0.3, -0.25) is 0 Å². The highest BCUT2D eigenvalue weighted by Gasteiger charge is 2.31. The van der Waals surface area contributed by atoms with E-state index in [1.807, 2.05) is 0 Å². The van der Waals surface area contributed by atoms with Crippen molar-refractivity contribution in [2.24, 2.45) is 0 Å². The van der Waals surface area contributed by atoms with Crippen LogP contribution < -0.4 is 25.9 Å². The van der Waals surface area contributed by atoms with E-state index in [-0.39, 0.29) is 26.6 Å². The Hall–Kier alpha value is -1.81. The summed E-state index contributed by atoms with van der Waals surface area (Å²) in [5.74, 6) is 0.903. The van der Waals surface area contributed by atoms with Crippen molar-refractivity contribution in [3.05, 3.63) is 96.6 Å². The van der Waals surface area contributed by atoms with E-state index in [9.17, 15) is 0 Å². The number of aryl methyl sites for hydroxylation is 1. The molecule has 128 valence electrons. The molecule has 0 spiro atoms. The molecule has 0 aliphatic rings. The zero-order valence-electron chi connectivity index (χ0n) is 15.2. The maximum Gasteiger partial charge on any atom is 0.358 e. The predicted molar refractivity (Wildman–Crippen MR) is 100 cm³/mol. The third kappa shape index (κ3) is 4.06. The predicted octanol–water partition coefficient (Wildman–Crippen LogP) is 2.46. The number of benzene rings is 3. The fourth-order valence-electron chi connectivity index (χ4n) is 2.93. The minimum atomic E-state index is -0.198. The van der Waals surface area contributed by atoms with Gasteiger partial charge in [0.15, 0.2) is 7.14 Å². The Morgan fingerprint density at radius 2 is 1.44 bits per heavy atom. The number of hydrogen-bond donors (Lipinski definition) is 0. The van der Waals surface area contributed by atoms with Gasteiger partial charge in [0.1, 0.15) is 5.75 Å². The Morgan fingerprint density at radius 3 is 2.08 bits per heavy atom. The molecule has 0 bridgehead atoms. The lowest BCUT2D eigenvalue weighted by atomic mass is 9.78. The molecule has 0 atom stereocenters. The summed E-state index contributed by atoms with van der Waals surface area (Å²) in [4.78, 5) is 0. The third-order valence-corrected chi connectivity index (χ3v) is 7.44. The fraction of sp³-hybridized carbons (Fsp3) is 0.217. The van der Waals surface area contributed by atoms with Crippen LogP contribution in [0.2, 0.25) is 0 Å². The molecule has 3 aromatic rings. The smallest absolute Gasteiger partial charge is 0.358 e. The molecule has 3 aromatic carbocycles. The summed E-state index contributed by atoms with van der Waals surface area (Å²) in [5, 5.41) is 0. The number of rotatable bonds is 5. The Labute approximate surface area is 161 Å². The molecule has 1 nitrogen and oxygen atoms in total. The van der Waals surface area contributed by atoms with Gasteiger partial charge in [0.2, 0.25) is 0 Å². The van der Waals surface area contributed by atoms with Gasteiger partial charge < -0.3 is 4.74 Å². The average Bonchev–Trinajstić information content (AvgIpc) is 2.64. The first kappa shape index (κ1) is 18.0. The molecule has 0 fully saturated rings. The van der Waals surface area contributed by atoms with Crippen molar-refractivity contribution >= 4 is 0 Å². The van der Waals surface area contributed by atoms with Crippen LogP contribution in [0.15, 0.2) is 72.8 Å². The second-order valence-corrected chi connectivity index (χ2v) is 9.67. The molecule has 0 aromatic heterocycles. The Bertz CT molecular complexity index is 833. The first-order valence-corrected chi connectivity index (χ1v) is 10.6. The summed E-state index contributed by atoms with van der Waals surface area (Å²) in [7, 11) is 1.71. The highest BCUT2D eigenvalue weighted by atomic mass is 127. The van der Waals surface area contributed by atoms with Crippen molar-refractivity contribution < 1.29 is 25.9 Å². The molecule has 0 amide bonds. The van der Waals surface area contributed by atoms with Crippen LogP contribution in [0.5, 0.6) is 5.75 Å². The van der Waals surface area contributed by atoms with Crippen molar-refractivity contribution in [3.8, 4) is 5.75 Å². The largest absolute Gasteiger partial charge is 0.497 e. The number of methoxy groups -OCH3 is 1. The number of halogens is 1. The Morgan fingerprint density at radius 1 is 0.800 bits per heavy atom. The molecule has 0 radical (unpaired) electrons. The van der Waals surface area contributed by atoms with Crippen molar-refractivity contribution in [2.45, 2.75) is 26.2 Å². The minimum absolute atomic E-state index is 0.0344. The van der Waals surface area contributed by atoms with Crippen molar-refractivity contribution in [3.63, 3.8) is 0 Å². The van der Waals surface area contributed by atoms with Gasteiger partial charge in [-0.2, -0.15) is 0 Å².